The van der Waals surface area contributed by atoms with Crippen LogP contribution in [-0.2, 0) is 0 Å². The van der Waals surface area contributed by atoms with Gasteiger partial charge in [0.2, 0.25) is 0 Å². The highest BCUT2D eigenvalue weighted by Crippen LogP contribution is 2.26. The van der Waals surface area contributed by atoms with Crippen molar-refractivity contribution in [3.63, 3.8) is 0 Å². The standard InChI is InChI=1S/C16H26BNO3/c1-12-9-13(2)14(3)18(11-12)7-8-21-16-6-4-5-15(10-16)17(19)20/h4-6,10,12-14,19-20H,7-9,11H2,1-3H3. The van der Waals surface area contributed by atoms with E-state index in [1.54, 1.807) is 18.2 Å². The summed E-state index contributed by atoms with van der Waals surface area (Å²) < 4.78 is 5.75. The van der Waals surface area contributed by atoms with Gasteiger partial charge in [-0.2, -0.15) is 0 Å². The van der Waals surface area contributed by atoms with E-state index in [2.05, 4.69) is 25.7 Å². The molecule has 2 rings (SSSR count). The molecule has 3 atom stereocenters. The molecule has 0 bridgehead atoms. The zero-order valence-electron chi connectivity index (χ0n) is 13.2. The number of hydrogen-bond acceptors (Lipinski definition) is 4. The molecule has 1 saturated heterocycles. The van der Waals surface area contributed by atoms with E-state index in [4.69, 9.17) is 14.8 Å². The molecular formula is C16H26BNO3. The Bertz CT molecular complexity index is 455. The van der Waals surface area contributed by atoms with E-state index in [9.17, 15) is 0 Å². The summed E-state index contributed by atoms with van der Waals surface area (Å²) in [4.78, 5) is 2.49. The summed E-state index contributed by atoms with van der Waals surface area (Å²) in [5.74, 6) is 2.15. The molecule has 1 aromatic rings. The number of benzene rings is 1. The quantitative estimate of drug-likeness (QED) is 0.798. The lowest BCUT2D eigenvalue weighted by Crippen LogP contribution is -2.47. The maximum Gasteiger partial charge on any atom is 0.488 e. The fourth-order valence-electron chi connectivity index (χ4n) is 3.17. The van der Waals surface area contributed by atoms with E-state index in [1.807, 2.05) is 6.07 Å². The molecule has 4 nitrogen and oxygen atoms in total. The summed E-state index contributed by atoms with van der Waals surface area (Å²) in [5, 5.41) is 18.3. The second kappa shape index (κ2) is 7.30. The molecule has 0 spiro atoms. The maximum atomic E-state index is 9.16. The molecule has 0 aliphatic carbocycles. The molecule has 0 radical (unpaired) electrons. The summed E-state index contributed by atoms with van der Waals surface area (Å²) in [5.41, 5.74) is 0.459. The Morgan fingerprint density at radius 1 is 1.29 bits per heavy atom. The Balaban J connectivity index is 1.85. The van der Waals surface area contributed by atoms with Crippen LogP contribution in [0.4, 0.5) is 0 Å². The number of ether oxygens (including phenoxy) is 1. The first-order valence-corrected chi connectivity index (χ1v) is 7.80. The van der Waals surface area contributed by atoms with Crippen molar-refractivity contribution in [1.29, 1.82) is 0 Å². The molecule has 0 amide bonds. The van der Waals surface area contributed by atoms with Crippen LogP contribution in [0.2, 0.25) is 0 Å². The Morgan fingerprint density at radius 2 is 2.05 bits per heavy atom. The minimum absolute atomic E-state index is 0.459. The predicted octanol–water partition coefficient (Wildman–Crippen LogP) is 1.11. The normalized spacial score (nSPS) is 26.6. The molecular weight excluding hydrogens is 265 g/mol. The highest BCUT2D eigenvalue weighted by molar-refractivity contribution is 6.58. The summed E-state index contributed by atoms with van der Waals surface area (Å²) in [6, 6.07) is 7.56. The fourth-order valence-corrected chi connectivity index (χ4v) is 3.17. The molecule has 5 heteroatoms. The van der Waals surface area contributed by atoms with Crippen LogP contribution in [0, 0.1) is 11.8 Å². The topological polar surface area (TPSA) is 52.9 Å². The van der Waals surface area contributed by atoms with Crippen LogP contribution >= 0.6 is 0 Å². The van der Waals surface area contributed by atoms with Crippen LogP contribution in [0.15, 0.2) is 24.3 Å². The zero-order chi connectivity index (χ0) is 15.4. The Morgan fingerprint density at radius 3 is 2.76 bits per heavy atom. The van der Waals surface area contributed by atoms with Gasteiger partial charge in [-0.15, -0.1) is 0 Å². The first-order valence-electron chi connectivity index (χ1n) is 7.80. The SMILES string of the molecule is CC1CC(C)C(C)N(CCOc2cccc(B(O)O)c2)C1. The van der Waals surface area contributed by atoms with Crippen LogP contribution in [0.3, 0.4) is 0 Å². The van der Waals surface area contributed by atoms with Crippen molar-refractivity contribution in [1.82, 2.24) is 4.90 Å². The fraction of sp³-hybridized carbons (Fsp3) is 0.625. The van der Waals surface area contributed by atoms with Gasteiger partial charge in [0.05, 0.1) is 0 Å². The second-order valence-corrected chi connectivity index (χ2v) is 6.35. The molecule has 1 aliphatic heterocycles. The van der Waals surface area contributed by atoms with Crippen LogP contribution in [0.25, 0.3) is 0 Å². The summed E-state index contributed by atoms with van der Waals surface area (Å²) in [6.07, 6.45) is 1.30. The minimum Gasteiger partial charge on any atom is -0.492 e. The van der Waals surface area contributed by atoms with Crippen LogP contribution in [0.1, 0.15) is 27.2 Å². The van der Waals surface area contributed by atoms with Gasteiger partial charge < -0.3 is 14.8 Å². The number of nitrogens with zero attached hydrogens (tertiary/aromatic N) is 1. The van der Waals surface area contributed by atoms with E-state index in [0.29, 0.717) is 23.9 Å². The highest BCUT2D eigenvalue weighted by Gasteiger charge is 2.28. The number of piperidine rings is 1. The minimum atomic E-state index is -1.45. The predicted molar refractivity (Wildman–Crippen MR) is 85.7 cm³/mol. The summed E-state index contributed by atoms with van der Waals surface area (Å²) in [6.45, 7) is 9.57. The summed E-state index contributed by atoms with van der Waals surface area (Å²) in [7, 11) is -1.45. The molecule has 0 aromatic heterocycles. The number of rotatable bonds is 5. The van der Waals surface area contributed by atoms with E-state index >= 15 is 0 Å². The van der Waals surface area contributed by atoms with Crippen molar-refractivity contribution in [3.05, 3.63) is 24.3 Å². The maximum absolute atomic E-state index is 9.16. The lowest BCUT2D eigenvalue weighted by molar-refractivity contribution is 0.0665. The van der Waals surface area contributed by atoms with Crippen molar-refractivity contribution in [3.8, 4) is 5.75 Å². The average molecular weight is 291 g/mol. The van der Waals surface area contributed by atoms with E-state index in [0.717, 1.165) is 24.9 Å². The van der Waals surface area contributed by atoms with Crippen LogP contribution in [-0.4, -0.2) is 47.8 Å². The number of likely N-dealkylation sites (tertiary alicyclic amines) is 1. The third kappa shape index (κ3) is 4.46. The smallest absolute Gasteiger partial charge is 0.488 e. The van der Waals surface area contributed by atoms with Gasteiger partial charge in [-0.1, -0.05) is 26.0 Å². The largest absolute Gasteiger partial charge is 0.492 e. The van der Waals surface area contributed by atoms with E-state index < -0.39 is 7.12 Å². The second-order valence-electron chi connectivity index (χ2n) is 6.35. The van der Waals surface area contributed by atoms with Crippen molar-refractivity contribution >= 4 is 12.6 Å². The third-order valence-corrected chi connectivity index (χ3v) is 4.52. The van der Waals surface area contributed by atoms with E-state index in [-0.39, 0.29) is 0 Å². The molecule has 3 unspecified atom stereocenters. The van der Waals surface area contributed by atoms with Gasteiger partial charge in [-0.3, -0.25) is 4.90 Å². The summed E-state index contributed by atoms with van der Waals surface area (Å²) >= 11 is 0. The highest BCUT2D eigenvalue weighted by atomic mass is 16.5. The Labute approximate surface area is 127 Å². The van der Waals surface area contributed by atoms with Gasteiger partial charge in [-0.25, -0.2) is 0 Å². The molecule has 1 heterocycles. The molecule has 21 heavy (non-hydrogen) atoms. The van der Waals surface area contributed by atoms with Crippen molar-refractivity contribution in [2.75, 3.05) is 19.7 Å². The molecule has 2 N–H and O–H groups in total. The van der Waals surface area contributed by atoms with Crippen LogP contribution < -0.4 is 10.2 Å². The van der Waals surface area contributed by atoms with Crippen molar-refractivity contribution in [2.45, 2.75) is 33.2 Å². The van der Waals surface area contributed by atoms with Gasteiger partial charge >= 0.3 is 7.12 Å². The zero-order valence-corrected chi connectivity index (χ0v) is 13.2. The first-order chi connectivity index (χ1) is 9.97. The van der Waals surface area contributed by atoms with Gasteiger partial charge in [0, 0.05) is 19.1 Å². The molecule has 1 aromatic carbocycles. The number of hydrogen-bond donors (Lipinski definition) is 2. The molecule has 1 fully saturated rings. The molecule has 0 saturated carbocycles. The van der Waals surface area contributed by atoms with Gasteiger partial charge in [-0.05, 0) is 42.8 Å². The first kappa shape index (κ1) is 16.3. The lowest BCUT2D eigenvalue weighted by Gasteiger charge is -2.41. The third-order valence-electron chi connectivity index (χ3n) is 4.52. The van der Waals surface area contributed by atoms with Crippen LogP contribution in [0.5, 0.6) is 5.75 Å². The van der Waals surface area contributed by atoms with Gasteiger partial charge in [0.25, 0.3) is 0 Å². The Kier molecular flexibility index (Phi) is 5.68. The lowest BCUT2D eigenvalue weighted by atomic mass is 9.80. The van der Waals surface area contributed by atoms with E-state index in [1.165, 1.54) is 6.42 Å². The van der Waals surface area contributed by atoms with Gasteiger partial charge in [0.1, 0.15) is 12.4 Å². The Hall–Kier alpha value is -1.04. The van der Waals surface area contributed by atoms with Gasteiger partial charge in [0.15, 0.2) is 0 Å². The van der Waals surface area contributed by atoms with Crippen molar-refractivity contribution < 1.29 is 14.8 Å². The average Bonchev–Trinajstić information content (AvgIpc) is 2.44. The molecule has 1 aliphatic rings. The molecule has 116 valence electrons. The van der Waals surface area contributed by atoms with Crippen molar-refractivity contribution in [2.24, 2.45) is 11.8 Å². The monoisotopic (exact) mass is 291 g/mol.